The van der Waals surface area contributed by atoms with Gasteiger partial charge in [0.05, 0.1) is 0 Å². The number of nitrogens with zero attached hydrogens (tertiary/aromatic N) is 1. The van der Waals surface area contributed by atoms with Gasteiger partial charge in [-0.1, -0.05) is 76.7 Å². The van der Waals surface area contributed by atoms with Crippen LogP contribution in [-0.2, 0) is 11.2 Å². The van der Waals surface area contributed by atoms with Crippen LogP contribution in [0.2, 0.25) is 18.0 Å². The SMILES string of the molecule is CC(C)c1cc(Br)c(CCCB2C3CCCC2CCC3)n1C(=O)OC(C)(C)C. The Bertz CT molecular complexity index is 670. The molecule has 2 aliphatic rings. The fourth-order valence-electron chi connectivity index (χ4n) is 5.51. The minimum atomic E-state index is -0.487. The molecule has 0 amide bonds. The second kappa shape index (κ2) is 8.98. The Morgan fingerprint density at radius 3 is 2.29 bits per heavy atom. The van der Waals surface area contributed by atoms with Crippen LogP contribution in [-0.4, -0.2) is 23.0 Å². The maximum Gasteiger partial charge on any atom is 0.418 e. The van der Waals surface area contributed by atoms with Crippen LogP contribution in [0.3, 0.4) is 0 Å². The van der Waals surface area contributed by atoms with Crippen molar-refractivity contribution in [2.45, 2.75) is 115 Å². The summed E-state index contributed by atoms with van der Waals surface area (Å²) in [6.07, 6.45) is 11.8. The summed E-state index contributed by atoms with van der Waals surface area (Å²) < 4.78 is 8.61. The summed E-state index contributed by atoms with van der Waals surface area (Å²) in [4.78, 5) is 13.0. The lowest BCUT2D eigenvalue weighted by molar-refractivity contribution is 0.0527. The number of rotatable bonds is 5. The molecule has 2 saturated heterocycles. The molecule has 5 heteroatoms. The predicted octanol–water partition coefficient (Wildman–Crippen LogP) is 7.69. The third-order valence-electron chi connectivity index (χ3n) is 6.71. The van der Waals surface area contributed by atoms with Crippen LogP contribution in [0.15, 0.2) is 10.5 Å². The first-order valence-electron chi connectivity index (χ1n) is 11.3. The van der Waals surface area contributed by atoms with Gasteiger partial charge >= 0.3 is 6.09 Å². The molecule has 1 aromatic rings. The van der Waals surface area contributed by atoms with Crippen molar-refractivity contribution in [3.63, 3.8) is 0 Å². The van der Waals surface area contributed by atoms with Crippen LogP contribution in [0, 0.1) is 0 Å². The Hall–Kier alpha value is -0.705. The number of aromatic nitrogens is 1. The van der Waals surface area contributed by atoms with E-state index in [-0.39, 0.29) is 12.0 Å². The highest BCUT2D eigenvalue weighted by Crippen LogP contribution is 2.48. The van der Waals surface area contributed by atoms with Gasteiger partial charge in [0, 0.05) is 15.9 Å². The number of carbonyl (C=O) groups excluding carboxylic acids is 1. The molecule has 0 atom stereocenters. The summed E-state index contributed by atoms with van der Waals surface area (Å²) in [5.74, 6) is 2.19. The normalized spacial score (nSPS) is 22.6. The number of ether oxygens (including phenoxy) is 1. The second-order valence-corrected chi connectivity index (χ2v) is 11.1. The van der Waals surface area contributed by atoms with E-state index in [0.717, 1.165) is 47.0 Å². The van der Waals surface area contributed by atoms with Crippen LogP contribution in [0.1, 0.15) is 96.9 Å². The van der Waals surface area contributed by atoms with Crippen LogP contribution in [0.5, 0.6) is 0 Å². The highest BCUT2D eigenvalue weighted by atomic mass is 79.9. The van der Waals surface area contributed by atoms with E-state index < -0.39 is 5.60 Å². The molecule has 2 aliphatic heterocycles. The molecule has 3 rings (SSSR count). The maximum absolute atomic E-state index is 13.0. The fraction of sp³-hybridized carbons (Fsp3) is 0.783. The zero-order valence-electron chi connectivity index (χ0n) is 18.4. The molecule has 2 bridgehead atoms. The summed E-state index contributed by atoms with van der Waals surface area (Å²) in [7, 11) is 0. The number of hydrogen-bond donors (Lipinski definition) is 0. The van der Waals surface area contributed by atoms with Gasteiger partial charge in [0.15, 0.2) is 0 Å². The Labute approximate surface area is 180 Å². The molecule has 1 aromatic heterocycles. The molecule has 0 N–H and O–H groups in total. The monoisotopic (exact) mass is 449 g/mol. The Morgan fingerprint density at radius 1 is 1.21 bits per heavy atom. The summed E-state index contributed by atoms with van der Waals surface area (Å²) >= 11 is 3.73. The fourth-order valence-corrected chi connectivity index (χ4v) is 6.12. The van der Waals surface area contributed by atoms with Gasteiger partial charge in [0.2, 0.25) is 0 Å². The molecule has 0 aliphatic carbocycles. The second-order valence-electron chi connectivity index (χ2n) is 10.3. The van der Waals surface area contributed by atoms with Gasteiger partial charge in [-0.3, -0.25) is 4.57 Å². The van der Waals surface area contributed by atoms with E-state index in [2.05, 4.69) is 35.8 Å². The Balaban J connectivity index is 1.73. The number of fused-ring (bicyclic) bond motifs is 2. The van der Waals surface area contributed by atoms with Crippen molar-refractivity contribution in [2.24, 2.45) is 0 Å². The van der Waals surface area contributed by atoms with Crippen LogP contribution >= 0.6 is 15.9 Å². The summed E-state index contributed by atoms with van der Waals surface area (Å²) in [5.41, 5.74) is 1.63. The van der Waals surface area contributed by atoms with Crippen molar-refractivity contribution in [2.75, 3.05) is 0 Å². The standard InChI is InChI=1S/C23H37BBrNO2/c1-16(2)21-15-19(25)20(26(21)22(27)28-23(3,4)5)13-8-14-24-17-9-6-10-18(24)12-7-11-17/h15-18H,6-14H2,1-5H3. The first kappa shape index (κ1) is 22.0. The molecule has 28 heavy (non-hydrogen) atoms. The third-order valence-corrected chi connectivity index (χ3v) is 7.39. The minimum Gasteiger partial charge on any atom is -0.443 e. The Morgan fingerprint density at radius 2 is 1.79 bits per heavy atom. The van der Waals surface area contributed by atoms with Gasteiger partial charge in [-0.15, -0.1) is 0 Å². The van der Waals surface area contributed by atoms with Gasteiger partial charge < -0.3 is 4.74 Å². The first-order chi connectivity index (χ1) is 13.2. The number of carbonyl (C=O) groups is 1. The zero-order chi connectivity index (χ0) is 20.5. The van der Waals surface area contributed by atoms with Crippen LogP contribution in [0.4, 0.5) is 4.79 Å². The molecule has 156 valence electrons. The quantitative estimate of drug-likeness (QED) is 0.431. The molecule has 0 saturated carbocycles. The summed E-state index contributed by atoms with van der Waals surface area (Å²) in [6.45, 7) is 11.0. The van der Waals surface area contributed by atoms with E-state index in [1.807, 2.05) is 25.3 Å². The average Bonchev–Trinajstić information content (AvgIpc) is 2.90. The highest BCUT2D eigenvalue weighted by Gasteiger charge is 2.38. The Kier molecular flexibility index (Phi) is 7.05. The molecule has 0 unspecified atom stereocenters. The molecular weight excluding hydrogens is 413 g/mol. The number of halogens is 1. The van der Waals surface area contributed by atoms with Crippen molar-refractivity contribution in [3.05, 3.63) is 21.9 Å². The largest absolute Gasteiger partial charge is 0.443 e. The summed E-state index contributed by atoms with van der Waals surface area (Å²) in [6, 6.07) is 2.11. The lowest BCUT2D eigenvalue weighted by Crippen LogP contribution is -2.34. The van der Waals surface area contributed by atoms with Crippen LogP contribution < -0.4 is 0 Å². The zero-order valence-corrected chi connectivity index (χ0v) is 20.0. The van der Waals surface area contributed by atoms with E-state index in [4.69, 9.17) is 4.74 Å². The first-order valence-corrected chi connectivity index (χ1v) is 12.1. The van der Waals surface area contributed by atoms with E-state index >= 15 is 0 Å². The highest BCUT2D eigenvalue weighted by molar-refractivity contribution is 9.10. The predicted molar refractivity (Wildman–Crippen MR) is 122 cm³/mol. The van der Waals surface area contributed by atoms with Gasteiger partial charge in [-0.05, 0) is 55.1 Å². The van der Waals surface area contributed by atoms with E-state index in [1.54, 1.807) is 0 Å². The smallest absolute Gasteiger partial charge is 0.418 e. The molecule has 2 fully saturated rings. The van der Waals surface area contributed by atoms with Crippen molar-refractivity contribution in [3.8, 4) is 0 Å². The third kappa shape index (κ3) is 5.06. The van der Waals surface area contributed by atoms with Gasteiger partial charge in [-0.25, -0.2) is 4.79 Å². The molecule has 0 aromatic carbocycles. The molecule has 3 nitrogen and oxygen atoms in total. The van der Waals surface area contributed by atoms with E-state index in [0.29, 0.717) is 0 Å². The van der Waals surface area contributed by atoms with Crippen molar-refractivity contribution in [1.82, 2.24) is 4.57 Å². The molecule has 0 radical (unpaired) electrons. The van der Waals surface area contributed by atoms with Crippen molar-refractivity contribution < 1.29 is 9.53 Å². The van der Waals surface area contributed by atoms with Gasteiger partial charge in [-0.2, -0.15) is 0 Å². The minimum absolute atomic E-state index is 0.244. The average molecular weight is 450 g/mol. The van der Waals surface area contributed by atoms with Gasteiger partial charge in [0.25, 0.3) is 0 Å². The van der Waals surface area contributed by atoms with Crippen molar-refractivity contribution in [1.29, 1.82) is 0 Å². The van der Waals surface area contributed by atoms with E-state index in [9.17, 15) is 4.79 Å². The lowest BCUT2D eigenvalue weighted by atomic mass is 9.26. The molecule has 0 spiro atoms. The van der Waals surface area contributed by atoms with Crippen LogP contribution in [0.25, 0.3) is 0 Å². The van der Waals surface area contributed by atoms with Gasteiger partial charge in [0.1, 0.15) is 12.3 Å². The van der Waals surface area contributed by atoms with Crippen molar-refractivity contribution >= 4 is 28.7 Å². The number of hydrogen-bond acceptors (Lipinski definition) is 2. The molecular formula is C23H37BBrNO2. The summed E-state index contributed by atoms with van der Waals surface area (Å²) in [5, 5.41) is 0. The van der Waals surface area contributed by atoms with E-state index in [1.165, 1.54) is 44.8 Å². The lowest BCUT2D eigenvalue weighted by Gasteiger charge is -2.40. The topological polar surface area (TPSA) is 31.2 Å². The molecule has 3 heterocycles. The maximum atomic E-state index is 13.0.